The molecule has 2 N–H and O–H groups in total. The van der Waals surface area contributed by atoms with E-state index < -0.39 is 5.82 Å². The fourth-order valence-electron chi connectivity index (χ4n) is 2.11. The molecule has 4 heteroatoms. The quantitative estimate of drug-likeness (QED) is 0.736. The largest absolute Gasteiger partial charge is 0.497 e. The average Bonchev–Trinajstić information content (AvgIpc) is 2.42. The highest BCUT2D eigenvalue weighted by molar-refractivity contribution is 5.96. The highest BCUT2D eigenvalue weighted by Gasteiger charge is 2.14. The minimum Gasteiger partial charge on any atom is -0.497 e. The molecule has 1 unspecified atom stereocenters. The van der Waals surface area contributed by atoms with E-state index in [0.29, 0.717) is 24.6 Å². The van der Waals surface area contributed by atoms with Crippen molar-refractivity contribution in [2.75, 3.05) is 13.7 Å². The van der Waals surface area contributed by atoms with E-state index in [0.717, 1.165) is 19.3 Å². The summed E-state index contributed by atoms with van der Waals surface area (Å²) >= 11 is 0. The number of methoxy groups -OCH3 is 1. The SMILES string of the molecule is CCC(CCN)CCC(=O)c1ccc(OC)cc1F. The van der Waals surface area contributed by atoms with Gasteiger partial charge in [0.1, 0.15) is 11.6 Å². The van der Waals surface area contributed by atoms with Crippen molar-refractivity contribution in [1.29, 1.82) is 0 Å². The van der Waals surface area contributed by atoms with Gasteiger partial charge in [0, 0.05) is 12.5 Å². The lowest BCUT2D eigenvalue weighted by atomic mass is 9.94. The van der Waals surface area contributed by atoms with Gasteiger partial charge in [0.25, 0.3) is 0 Å². The summed E-state index contributed by atoms with van der Waals surface area (Å²) in [6.45, 7) is 2.71. The van der Waals surface area contributed by atoms with E-state index in [1.807, 2.05) is 0 Å². The lowest BCUT2D eigenvalue weighted by Crippen LogP contribution is -2.11. The van der Waals surface area contributed by atoms with Crippen LogP contribution in [0.3, 0.4) is 0 Å². The molecule has 1 rings (SSSR count). The Morgan fingerprint density at radius 3 is 2.68 bits per heavy atom. The summed E-state index contributed by atoms with van der Waals surface area (Å²) in [7, 11) is 1.47. The van der Waals surface area contributed by atoms with E-state index in [2.05, 4.69) is 6.92 Å². The molecule has 1 aromatic carbocycles. The highest BCUT2D eigenvalue weighted by Crippen LogP contribution is 2.20. The molecule has 0 saturated heterocycles. The van der Waals surface area contributed by atoms with Crippen LogP contribution in [-0.2, 0) is 0 Å². The zero-order chi connectivity index (χ0) is 14.3. The lowest BCUT2D eigenvalue weighted by molar-refractivity contribution is 0.0968. The maximum absolute atomic E-state index is 13.7. The van der Waals surface area contributed by atoms with Gasteiger partial charge in [-0.2, -0.15) is 0 Å². The Hall–Kier alpha value is -1.42. The number of ether oxygens (including phenoxy) is 1. The zero-order valence-corrected chi connectivity index (χ0v) is 11.6. The number of benzene rings is 1. The van der Waals surface area contributed by atoms with Crippen molar-refractivity contribution in [2.45, 2.75) is 32.6 Å². The Bertz CT molecular complexity index is 421. The van der Waals surface area contributed by atoms with E-state index in [1.54, 1.807) is 6.07 Å². The molecule has 0 aliphatic heterocycles. The molecule has 0 spiro atoms. The third-order valence-corrected chi connectivity index (χ3v) is 3.41. The van der Waals surface area contributed by atoms with Crippen LogP contribution in [0.15, 0.2) is 18.2 Å². The molecule has 0 saturated carbocycles. The van der Waals surface area contributed by atoms with Crippen molar-refractivity contribution in [1.82, 2.24) is 0 Å². The van der Waals surface area contributed by atoms with Crippen LogP contribution in [0.4, 0.5) is 4.39 Å². The Morgan fingerprint density at radius 1 is 1.42 bits per heavy atom. The van der Waals surface area contributed by atoms with E-state index in [1.165, 1.54) is 19.2 Å². The number of carbonyl (C=O) groups is 1. The van der Waals surface area contributed by atoms with Crippen LogP contribution >= 0.6 is 0 Å². The second kappa shape index (κ2) is 7.89. The molecule has 0 radical (unpaired) electrons. The summed E-state index contributed by atoms with van der Waals surface area (Å²) in [5.41, 5.74) is 5.66. The molecular formula is C15H22FNO2. The van der Waals surface area contributed by atoms with E-state index in [9.17, 15) is 9.18 Å². The summed E-state index contributed by atoms with van der Waals surface area (Å²) in [4.78, 5) is 12.0. The Kier molecular flexibility index (Phi) is 6.50. The van der Waals surface area contributed by atoms with Crippen molar-refractivity contribution in [2.24, 2.45) is 11.7 Å². The summed E-state index contributed by atoms with van der Waals surface area (Å²) in [5, 5.41) is 0. The van der Waals surface area contributed by atoms with E-state index in [4.69, 9.17) is 10.5 Å². The predicted octanol–water partition coefficient (Wildman–Crippen LogP) is 3.17. The molecule has 106 valence electrons. The van der Waals surface area contributed by atoms with Crippen LogP contribution < -0.4 is 10.5 Å². The van der Waals surface area contributed by atoms with Crippen molar-refractivity contribution in [3.05, 3.63) is 29.6 Å². The first kappa shape index (κ1) is 15.6. The molecule has 0 fully saturated rings. The first-order valence-corrected chi connectivity index (χ1v) is 6.69. The van der Waals surface area contributed by atoms with Crippen molar-refractivity contribution >= 4 is 5.78 Å². The third-order valence-electron chi connectivity index (χ3n) is 3.41. The second-order valence-electron chi connectivity index (χ2n) is 4.66. The zero-order valence-electron chi connectivity index (χ0n) is 11.6. The minimum atomic E-state index is -0.517. The minimum absolute atomic E-state index is 0.142. The fraction of sp³-hybridized carbons (Fsp3) is 0.533. The summed E-state index contributed by atoms with van der Waals surface area (Å²) in [6, 6.07) is 4.33. The van der Waals surface area contributed by atoms with E-state index in [-0.39, 0.29) is 11.3 Å². The summed E-state index contributed by atoms with van der Waals surface area (Å²) in [5.74, 6) is 0.186. The number of hydrogen-bond acceptors (Lipinski definition) is 3. The number of nitrogens with two attached hydrogens (primary N) is 1. The number of halogens is 1. The molecule has 0 aromatic heterocycles. The fourth-order valence-corrected chi connectivity index (χ4v) is 2.11. The van der Waals surface area contributed by atoms with Gasteiger partial charge in [-0.3, -0.25) is 4.79 Å². The molecule has 0 bridgehead atoms. The number of hydrogen-bond donors (Lipinski definition) is 1. The van der Waals surface area contributed by atoms with Gasteiger partial charge in [0.2, 0.25) is 0 Å². The second-order valence-corrected chi connectivity index (χ2v) is 4.66. The van der Waals surface area contributed by atoms with Gasteiger partial charge in [0.05, 0.1) is 12.7 Å². The first-order valence-electron chi connectivity index (χ1n) is 6.69. The number of rotatable bonds is 8. The Labute approximate surface area is 113 Å². The number of carbonyl (C=O) groups excluding carboxylic acids is 1. The standard InChI is InChI=1S/C15H22FNO2/c1-3-11(8-9-17)4-7-15(18)13-6-5-12(19-2)10-14(13)16/h5-6,10-11H,3-4,7-9,17H2,1-2H3. The van der Waals surface area contributed by atoms with Gasteiger partial charge in [0.15, 0.2) is 5.78 Å². The van der Waals surface area contributed by atoms with Crippen LogP contribution in [0.2, 0.25) is 0 Å². The molecule has 1 atom stereocenters. The van der Waals surface area contributed by atoms with Gasteiger partial charge in [-0.25, -0.2) is 4.39 Å². The van der Waals surface area contributed by atoms with Crippen LogP contribution in [0, 0.1) is 11.7 Å². The molecule has 0 aliphatic rings. The highest BCUT2D eigenvalue weighted by atomic mass is 19.1. The van der Waals surface area contributed by atoms with Gasteiger partial charge in [-0.15, -0.1) is 0 Å². The predicted molar refractivity (Wildman–Crippen MR) is 74.0 cm³/mol. The van der Waals surface area contributed by atoms with Gasteiger partial charge in [-0.05, 0) is 37.4 Å². The Morgan fingerprint density at radius 2 is 2.16 bits per heavy atom. The van der Waals surface area contributed by atoms with Crippen molar-refractivity contribution in [3.63, 3.8) is 0 Å². The summed E-state index contributed by atoms with van der Waals surface area (Å²) in [6.07, 6.45) is 3.03. The van der Waals surface area contributed by atoms with Gasteiger partial charge >= 0.3 is 0 Å². The average molecular weight is 267 g/mol. The molecule has 0 aliphatic carbocycles. The van der Waals surface area contributed by atoms with Gasteiger partial charge < -0.3 is 10.5 Å². The van der Waals surface area contributed by atoms with Crippen LogP contribution in [-0.4, -0.2) is 19.4 Å². The van der Waals surface area contributed by atoms with Crippen molar-refractivity contribution in [3.8, 4) is 5.75 Å². The maximum atomic E-state index is 13.7. The summed E-state index contributed by atoms with van der Waals surface area (Å²) < 4.78 is 18.6. The number of Topliss-reactive ketones (excluding diaryl/α,β-unsaturated/α-hetero) is 1. The number of ketones is 1. The lowest BCUT2D eigenvalue weighted by Gasteiger charge is -2.13. The monoisotopic (exact) mass is 267 g/mol. The Balaban J connectivity index is 2.63. The molecule has 0 amide bonds. The topological polar surface area (TPSA) is 52.3 Å². The van der Waals surface area contributed by atoms with Crippen LogP contribution in [0.5, 0.6) is 5.75 Å². The molecule has 3 nitrogen and oxygen atoms in total. The molecule has 0 heterocycles. The maximum Gasteiger partial charge on any atom is 0.165 e. The smallest absolute Gasteiger partial charge is 0.165 e. The molecular weight excluding hydrogens is 245 g/mol. The van der Waals surface area contributed by atoms with E-state index >= 15 is 0 Å². The molecule has 1 aromatic rings. The van der Waals surface area contributed by atoms with Crippen LogP contribution in [0.1, 0.15) is 43.0 Å². The normalized spacial score (nSPS) is 12.2. The van der Waals surface area contributed by atoms with Crippen LogP contribution in [0.25, 0.3) is 0 Å². The van der Waals surface area contributed by atoms with Gasteiger partial charge in [-0.1, -0.05) is 13.3 Å². The molecule has 19 heavy (non-hydrogen) atoms. The third kappa shape index (κ3) is 4.63. The first-order chi connectivity index (χ1) is 9.12. The van der Waals surface area contributed by atoms with Crippen molar-refractivity contribution < 1.29 is 13.9 Å².